The molecule has 5 nitrogen and oxygen atoms in total. The molecule has 1 saturated carbocycles. The first-order valence-electron chi connectivity index (χ1n) is 7.46. The van der Waals surface area contributed by atoms with Gasteiger partial charge in [-0.2, -0.15) is 0 Å². The van der Waals surface area contributed by atoms with E-state index in [-0.39, 0.29) is 17.9 Å². The fraction of sp³-hybridized carbons (Fsp3) is 0.500. The molecule has 0 saturated heterocycles. The van der Waals surface area contributed by atoms with Crippen LogP contribution in [0.4, 0.5) is 10.5 Å². The summed E-state index contributed by atoms with van der Waals surface area (Å²) in [6.45, 7) is 2.49. The van der Waals surface area contributed by atoms with Crippen molar-refractivity contribution in [1.29, 1.82) is 0 Å². The van der Waals surface area contributed by atoms with Gasteiger partial charge in [0.15, 0.2) is 0 Å². The van der Waals surface area contributed by atoms with Crippen molar-refractivity contribution in [3.05, 3.63) is 29.8 Å². The Hall–Kier alpha value is -2.04. The number of carboxylic acid groups (broad SMARTS) is 1. The molecule has 2 amide bonds. The topological polar surface area (TPSA) is 78.4 Å². The molecule has 3 N–H and O–H groups in total. The lowest BCUT2D eigenvalue weighted by atomic mass is 9.96. The maximum absolute atomic E-state index is 11.8. The number of aliphatic carboxylic acids is 1. The zero-order valence-corrected chi connectivity index (χ0v) is 12.3. The highest BCUT2D eigenvalue weighted by atomic mass is 16.4. The second kappa shape index (κ2) is 7.11. The standard InChI is InChI=1S/C16H22N2O3/c1-2-11-6-8-13(9-7-11)18-16(21)17-10-12-4-3-5-14(12)15(19)20/h6-9,12,14H,2-5,10H2,1H3,(H,19,20)(H2,17,18,21). The van der Waals surface area contributed by atoms with Crippen molar-refractivity contribution in [2.24, 2.45) is 11.8 Å². The minimum absolute atomic E-state index is 0.0377. The molecule has 2 rings (SSSR count). The molecule has 1 aliphatic rings. The quantitative estimate of drug-likeness (QED) is 0.780. The maximum atomic E-state index is 11.8. The first-order chi connectivity index (χ1) is 10.1. The molecule has 114 valence electrons. The molecule has 1 fully saturated rings. The number of carbonyl (C=O) groups is 2. The van der Waals surface area contributed by atoms with Crippen LogP contribution in [-0.4, -0.2) is 23.7 Å². The van der Waals surface area contributed by atoms with Gasteiger partial charge < -0.3 is 15.7 Å². The summed E-state index contributed by atoms with van der Waals surface area (Å²) in [6, 6.07) is 7.41. The maximum Gasteiger partial charge on any atom is 0.319 e. The average Bonchev–Trinajstić information content (AvgIpc) is 2.94. The van der Waals surface area contributed by atoms with Gasteiger partial charge in [0.1, 0.15) is 0 Å². The van der Waals surface area contributed by atoms with Gasteiger partial charge in [-0.25, -0.2) is 4.79 Å². The van der Waals surface area contributed by atoms with Crippen LogP contribution in [0.15, 0.2) is 24.3 Å². The molecule has 0 aliphatic heterocycles. The summed E-state index contributed by atoms with van der Waals surface area (Å²) in [5.41, 5.74) is 1.96. The third kappa shape index (κ3) is 4.21. The Morgan fingerprint density at radius 3 is 2.57 bits per heavy atom. The first kappa shape index (κ1) is 15.4. The molecule has 0 heterocycles. The number of carbonyl (C=O) groups excluding carboxylic acids is 1. The summed E-state index contributed by atoms with van der Waals surface area (Å²) < 4.78 is 0. The number of hydrogen-bond acceptors (Lipinski definition) is 2. The number of urea groups is 1. The van der Waals surface area contributed by atoms with Crippen molar-refractivity contribution in [2.75, 3.05) is 11.9 Å². The van der Waals surface area contributed by atoms with Crippen LogP contribution >= 0.6 is 0 Å². The van der Waals surface area contributed by atoms with Gasteiger partial charge in [0.05, 0.1) is 5.92 Å². The van der Waals surface area contributed by atoms with Crippen LogP contribution in [-0.2, 0) is 11.2 Å². The van der Waals surface area contributed by atoms with Crippen LogP contribution in [0, 0.1) is 11.8 Å². The normalized spacial score (nSPS) is 21.0. The molecule has 1 aromatic carbocycles. The van der Waals surface area contributed by atoms with Gasteiger partial charge in [0.2, 0.25) is 0 Å². The van der Waals surface area contributed by atoms with Crippen LogP contribution in [0.2, 0.25) is 0 Å². The van der Waals surface area contributed by atoms with Crippen LogP contribution in [0.5, 0.6) is 0 Å². The van der Waals surface area contributed by atoms with Crippen molar-refractivity contribution in [1.82, 2.24) is 5.32 Å². The van der Waals surface area contributed by atoms with E-state index >= 15 is 0 Å². The van der Waals surface area contributed by atoms with Gasteiger partial charge in [0, 0.05) is 12.2 Å². The number of aryl methyl sites for hydroxylation is 1. The Bertz CT molecular complexity index is 499. The molecule has 5 heteroatoms. The molecule has 21 heavy (non-hydrogen) atoms. The van der Waals surface area contributed by atoms with E-state index in [1.807, 2.05) is 24.3 Å². The van der Waals surface area contributed by atoms with Crippen molar-refractivity contribution in [2.45, 2.75) is 32.6 Å². The van der Waals surface area contributed by atoms with Gasteiger partial charge in [-0.05, 0) is 42.9 Å². The Labute approximate surface area is 124 Å². The van der Waals surface area contributed by atoms with Crippen LogP contribution < -0.4 is 10.6 Å². The molecular weight excluding hydrogens is 268 g/mol. The zero-order valence-electron chi connectivity index (χ0n) is 12.3. The number of amides is 2. The van der Waals surface area contributed by atoms with Gasteiger partial charge >= 0.3 is 12.0 Å². The van der Waals surface area contributed by atoms with E-state index in [1.54, 1.807) is 0 Å². The summed E-state index contributed by atoms with van der Waals surface area (Å²) in [6.07, 6.45) is 3.46. The second-order valence-corrected chi connectivity index (χ2v) is 5.52. The highest BCUT2D eigenvalue weighted by Gasteiger charge is 2.32. The van der Waals surface area contributed by atoms with E-state index in [4.69, 9.17) is 5.11 Å². The van der Waals surface area contributed by atoms with Crippen molar-refractivity contribution < 1.29 is 14.7 Å². The lowest BCUT2D eigenvalue weighted by Gasteiger charge is -2.16. The smallest absolute Gasteiger partial charge is 0.319 e. The number of rotatable bonds is 5. The van der Waals surface area contributed by atoms with Crippen LogP contribution in [0.25, 0.3) is 0 Å². The van der Waals surface area contributed by atoms with E-state index < -0.39 is 5.97 Å². The molecule has 0 bridgehead atoms. The zero-order chi connectivity index (χ0) is 15.2. The Morgan fingerprint density at radius 1 is 1.24 bits per heavy atom. The third-order valence-corrected chi connectivity index (χ3v) is 4.12. The summed E-state index contributed by atoms with van der Waals surface area (Å²) in [5.74, 6) is -1.04. The molecule has 1 aromatic rings. The number of nitrogens with one attached hydrogen (secondary N) is 2. The van der Waals surface area contributed by atoms with E-state index in [0.29, 0.717) is 13.0 Å². The predicted molar refractivity (Wildman–Crippen MR) is 81.3 cm³/mol. The van der Waals surface area contributed by atoms with E-state index in [9.17, 15) is 9.59 Å². The molecule has 2 atom stereocenters. The van der Waals surface area contributed by atoms with Crippen LogP contribution in [0.3, 0.4) is 0 Å². The van der Waals surface area contributed by atoms with Crippen LogP contribution in [0.1, 0.15) is 31.7 Å². The molecule has 1 aliphatic carbocycles. The SMILES string of the molecule is CCc1ccc(NC(=O)NCC2CCCC2C(=O)O)cc1. The molecular formula is C16H22N2O3. The number of anilines is 1. The largest absolute Gasteiger partial charge is 0.481 e. The van der Waals surface area contributed by atoms with Crippen molar-refractivity contribution in [3.8, 4) is 0 Å². The second-order valence-electron chi connectivity index (χ2n) is 5.52. The van der Waals surface area contributed by atoms with E-state index in [1.165, 1.54) is 5.56 Å². The Morgan fingerprint density at radius 2 is 1.95 bits per heavy atom. The summed E-state index contributed by atoms with van der Waals surface area (Å²) >= 11 is 0. The van der Waals surface area contributed by atoms with Gasteiger partial charge in [-0.15, -0.1) is 0 Å². The highest BCUT2D eigenvalue weighted by molar-refractivity contribution is 5.89. The third-order valence-electron chi connectivity index (χ3n) is 4.12. The Kier molecular flexibility index (Phi) is 5.20. The lowest BCUT2D eigenvalue weighted by Crippen LogP contribution is -2.35. The van der Waals surface area contributed by atoms with E-state index in [2.05, 4.69) is 17.6 Å². The molecule has 2 unspecified atom stereocenters. The number of hydrogen-bond donors (Lipinski definition) is 3. The predicted octanol–water partition coefficient (Wildman–Crippen LogP) is 2.87. The number of carboxylic acids is 1. The van der Waals surface area contributed by atoms with Gasteiger partial charge in [-0.1, -0.05) is 25.5 Å². The monoisotopic (exact) mass is 290 g/mol. The summed E-state index contributed by atoms with van der Waals surface area (Å²) in [7, 11) is 0. The van der Waals surface area contributed by atoms with Gasteiger partial charge in [-0.3, -0.25) is 4.79 Å². The first-order valence-corrected chi connectivity index (χ1v) is 7.46. The number of benzene rings is 1. The molecule has 0 aromatic heterocycles. The van der Waals surface area contributed by atoms with Crippen molar-refractivity contribution >= 4 is 17.7 Å². The van der Waals surface area contributed by atoms with Crippen molar-refractivity contribution in [3.63, 3.8) is 0 Å². The molecule has 0 spiro atoms. The lowest BCUT2D eigenvalue weighted by molar-refractivity contribution is -0.142. The summed E-state index contributed by atoms with van der Waals surface area (Å²) in [4.78, 5) is 22.9. The summed E-state index contributed by atoms with van der Waals surface area (Å²) in [5, 5.41) is 14.6. The van der Waals surface area contributed by atoms with Gasteiger partial charge in [0.25, 0.3) is 0 Å². The Balaban J connectivity index is 1.80. The average molecular weight is 290 g/mol. The molecule has 0 radical (unpaired) electrons. The fourth-order valence-corrected chi connectivity index (χ4v) is 2.83. The van der Waals surface area contributed by atoms with E-state index in [0.717, 1.165) is 24.9 Å². The minimum atomic E-state index is -0.755. The minimum Gasteiger partial charge on any atom is -0.481 e. The fourth-order valence-electron chi connectivity index (χ4n) is 2.83. The highest BCUT2D eigenvalue weighted by Crippen LogP contribution is 2.31.